The zero-order chi connectivity index (χ0) is 44.6. The van der Waals surface area contributed by atoms with Crippen molar-refractivity contribution in [3.63, 3.8) is 0 Å². The van der Waals surface area contributed by atoms with Crippen LogP contribution in [0.5, 0.6) is 0 Å². The second kappa shape index (κ2) is 15.3. The van der Waals surface area contributed by atoms with E-state index in [9.17, 15) is 45.3 Å². The van der Waals surface area contributed by atoms with E-state index < -0.39 is 109 Å². The van der Waals surface area contributed by atoms with E-state index >= 15 is 0 Å². The molecule has 61 heavy (non-hydrogen) atoms. The molecule has 3 heterocycles. The molecule has 3 saturated heterocycles. The van der Waals surface area contributed by atoms with Crippen LogP contribution in [0.15, 0.2) is 0 Å². The molecule has 0 amide bonds. The highest BCUT2D eigenvalue weighted by molar-refractivity contribution is 5.67. The molecule has 0 bridgehead atoms. The fraction of sp³-hybridized carbons (Fsp3) is 0.956. The van der Waals surface area contributed by atoms with E-state index in [1.165, 1.54) is 13.8 Å². The van der Waals surface area contributed by atoms with Gasteiger partial charge in [-0.2, -0.15) is 0 Å². The Morgan fingerprint density at radius 2 is 1.44 bits per heavy atom. The summed E-state index contributed by atoms with van der Waals surface area (Å²) in [6.45, 7) is 16.2. The van der Waals surface area contributed by atoms with Gasteiger partial charge >= 0.3 is 11.9 Å². The molecule has 5 saturated carbocycles. The van der Waals surface area contributed by atoms with Crippen LogP contribution in [0.1, 0.15) is 120 Å². The van der Waals surface area contributed by atoms with Crippen LogP contribution in [-0.4, -0.2) is 152 Å². The summed E-state index contributed by atoms with van der Waals surface area (Å²) in [6.07, 6.45) is -7.81. The molecule has 3 aliphatic heterocycles. The first-order chi connectivity index (χ1) is 28.3. The number of carbonyl (C=O) groups excluding carboxylic acids is 2. The van der Waals surface area contributed by atoms with Crippen molar-refractivity contribution in [2.24, 2.45) is 44.8 Å². The predicted octanol–water partition coefficient (Wildman–Crippen LogP) is 1.87. The molecule has 2 spiro atoms. The zero-order valence-electron chi connectivity index (χ0n) is 37.3. The molecule has 0 unspecified atom stereocenters. The fourth-order valence-electron chi connectivity index (χ4n) is 15.5. The average molecular weight is 869 g/mol. The molecule has 16 nitrogen and oxygen atoms in total. The van der Waals surface area contributed by atoms with Crippen LogP contribution in [0.2, 0.25) is 0 Å². The highest BCUT2D eigenvalue weighted by Crippen LogP contribution is 2.89. The van der Waals surface area contributed by atoms with Crippen molar-refractivity contribution in [2.75, 3.05) is 13.2 Å². The quantitative estimate of drug-likeness (QED) is 0.129. The Morgan fingerprint density at radius 1 is 0.754 bits per heavy atom. The molecule has 7 N–H and O–H groups in total. The molecular weight excluding hydrogens is 796 g/mol. The summed E-state index contributed by atoms with van der Waals surface area (Å²) in [7, 11) is 0. The van der Waals surface area contributed by atoms with Crippen molar-refractivity contribution < 1.29 is 78.5 Å². The minimum atomic E-state index is -1.63. The lowest BCUT2D eigenvalue weighted by Gasteiger charge is -2.65. The van der Waals surface area contributed by atoms with Crippen LogP contribution in [-0.2, 0) is 42.7 Å². The number of aliphatic hydroxyl groups excluding tert-OH is 6. The third-order valence-electron chi connectivity index (χ3n) is 18.2. The van der Waals surface area contributed by atoms with Gasteiger partial charge in [0.05, 0.1) is 48.8 Å². The van der Waals surface area contributed by atoms with Crippen LogP contribution >= 0.6 is 0 Å². The van der Waals surface area contributed by atoms with Gasteiger partial charge in [-0.05, 0) is 117 Å². The second-order valence-corrected chi connectivity index (χ2v) is 22.2. The fourth-order valence-corrected chi connectivity index (χ4v) is 15.5. The Kier molecular flexibility index (Phi) is 11.5. The van der Waals surface area contributed by atoms with Gasteiger partial charge in [-0.15, -0.1) is 0 Å². The molecule has 8 aliphatic rings. The van der Waals surface area contributed by atoms with Crippen molar-refractivity contribution in [1.82, 2.24) is 0 Å². The molecule has 8 rings (SSSR count). The third kappa shape index (κ3) is 6.89. The standard InChI is InChI=1S/C45H72O16/c1-21(47)56-26-19-55-38(34(31(26)51)57-22(2)48)60-28-11-13-45-20-44(45)15-14-41(7)35(43(9)12-10-29(61-43)40(5,6)54)23(49)17-42(41,8)27(44)16-24(36(45)39(28,3)4)58-37-33(53)32(52)30(50)25(18-46)59-37/h23-38,46,49-54H,10-20H2,1-9H3/t23-,24+,25+,26+,27-,28+,29-,30-,31-,32-,33-,34-,35+,36+,37-,38-,41-,42-,43-,44-,45+/m0/s1. The number of hydrogen-bond donors (Lipinski definition) is 7. The van der Waals surface area contributed by atoms with Gasteiger partial charge < -0.3 is 68.9 Å². The molecule has 5 aliphatic carbocycles. The van der Waals surface area contributed by atoms with E-state index in [0.717, 1.165) is 32.1 Å². The van der Waals surface area contributed by atoms with Gasteiger partial charge in [-0.3, -0.25) is 9.59 Å². The number of hydrogen-bond acceptors (Lipinski definition) is 16. The smallest absolute Gasteiger partial charge is 0.303 e. The van der Waals surface area contributed by atoms with E-state index in [1.807, 2.05) is 0 Å². The first-order valence-electron chi connectivity index (χ1n) is 22.6. The molecule has 16 heteroatoms. The molecule has 348 valence electrons. The summed E-state index contributed by atoms with van der Waals surface area (Å²) in [5, 5.41) is 77.6. The number of rotatable bonds is 9. The average Bonchev–Trinajstić information content (AvgIpc) is 3.52. The highest BCUT2D eigenvalue weighted by atomic mass is 16.7. The van der Waals surface area contributed by atoms with E-state index in [-0.39, 0.29) is 52.1 Å². The summed E-state index contributed by atoms with van der Waals surface area (Å²) in [5.41, 5.74) is -3.44. The Bertz CT molecular complexity index is 1680. The van der Waals surface area contributed by atoms with Crippen molar-refractivity contribution >= 4 is 11.9 Å². The van der Waals surface area contributed by atoms with E-state index in [4.69, 9.17) is 33.2 Å². The largest absolute Gasteiger partial charge is 0.457 e. The van der Waals surface area contributed by atoms with E-state index in [2.05, 4.69) is 34.6 Å². The minimum Gasteiger partial charge on any atom is -0.457 e. The van der Waals surface area contributed by atoms with E-state index in [1.54, 1.807) is 13.8 Å². The summed E-state index contributed by atoms with van der Waals surface area (Å²) >= 11 is 0. The maximum Gasteiger partial charge on any atom is 0.303 e. The molecule has 8 fully saturated rings. The minimum absolute atomic E-state index is 0.0660. The summed E-state index contributed by atoms with van der Waals surface area (Å²) < 4.78 is 43.4. The van der Waals surface area contributed by atoms with Crippen molar-refractivity contribution in [3.8, 4) is 0 Å². The number of ether oxygens (including phenoxy) is 7. The summed E-state index contributed by atoms with van der Waals surface area (Å²) in [5.74, 6) is -1.62. The number of aliphatic hydroxyl groups is 7. The lowest BCUT2D eigenvalue weighted by atomic mass is 9.41. The maximum absolute atomic E-state index is 12.3. The third-order valence-corrected chi connectivity index (χ3v) is 18.2. The van der Waals surface area contributed by atoms with Crippen molar-refractivity contribution in [3.05, 3.63) is 0 Å². The van der Waals surface area contributed by atoms with Gasteiger partial charge in [0.15, 0.2) is 24.8 Å². The summed E-state index contributed by atoms with van der Waals surface area (Å²) in [6, 6.07) is 0. The SMILES string of the molecule is CC(=O)O[C@@H]1[C@H](O[C@@H]2CC[C@]34C[C@]35CC[C@@]3(C)[C@H]([C@]6(C)CC[C@@H](C(C)(C)O)O6)[C@@H](O)C[C@@]3(C)[C@@H]5C[C@@H](O[C@H]3O[C@H](CO)[C@H](O)[C@H](O)[C@@H]3O)[C@@H]4C2(C)C)OC[C@@H](OC(C)=O)[C@@H]1O. The van der Waals surface area contributed by atoms with Crippen LogP contribution in [0.3, 0.4) is 0 Å². The van der Waals surface area contributed by atoms with Gasteiger partial charge in [-0.25, -0.2) is 0 Å². The van der Waals surface area contributed by atoms with Crippen molar-refractivity contribution in [2.45, 2.75) is 211 Å². The molecular formula is C45H72O16. The van der Waals surface area contributed by atoms with E-state index in [0.29, 0.717) is 25.7 Å². The van der Waals surface area contributed by atoms with Crippen LogP contribution in [0, 0.1) is 44.8 Å². The molecule has 21 atom stereocenters. The Labute approximate surface area is 358 Å². The molecule has 0 aromatic carbocycles. The topological polar surface area (TPSA) is 240 Å². The van der Waals surface area contributed by atoms with Crippen LogP contribution < -0.4 is 0 Å². The lowest BCUT2D eigenvalue weighted by Crippen LogP contribution is -2.65. The number of fused-ring (bicyclic) bond motifs is 2. The van der Waals surface area contributed by atoms with Gasteiger partial charge in [-0.1, -0.05) is 27.7 Å². The Morgan fingerprint density at radius 3 is 2.07 bits per heavy atom. The normalized spacial score (nSPS) is 53.8. The predicted molar refractivity (Wildman–Crippen MR) is 213 cm³/mol. The summed E-state index contributed by atoms with van der Waals surface area (Å²) in [4.78, 5) is 24.1. The zero-order valence-corrected chi connectivity index (χ0v) is 37.3. The first-order valence-corrected chi connectivity index (χ1v) is 22.6. The molecule has 0 aromatic heterocycles. The second-order valence-electron chi connectivity index (χ2n) is 22.2. The van der Waals surface area contributed by atoms with Crippen LogP contribution in [0.25, 0.3) is 0 Å². The van der Waals surface area contributed by atoms with Crippen molar-refractivity contribution in [1.29, 1.82) is 0 Å². The van der Waals surface area contributed by atoms with Crippen LogP contribution in [0.4, 0.5) is 0 Å². The van der Waals surface area contributed by atoms with Gasteiger partial charge in [0.2, 0.25) is 0 Å². The van der Waals surface area contributed by atoms with Gasteiger partial charge in [0.25, 0.3) is 0 Å². The Balaban J connectivity index is 1.14. The first kappa shape index (κ1) is 46.0. The monoisotopic (exact) mass is 868 g/mol. The maximum atomic E-state index is 12.3. The Hall–Kier alpha value is -1.54. The molecule has 0 radical (unpaired) electrons. The van der Waals surface area contributed by atoms with Gasteiger partial charge in [0, 0.05) is 19.8 Å². The lowest BCUT2D eigenvalue weighted by molar-refractivity contribution is -0.339. The number of esters is 2. The highest BCUT2D eigenvalue weighted by Gasteiger charge is 2.85. The number of carbonyl (C=O) groups is 2. The molecule has 0 aromatic rings. The van der Waals surface area contributed by atoms with Gasteiger partial charge in [0.1, 0.15) is 30.5 Å².